The maximum absolute atomic E-state index is 11.3. The second-order valence-corrected chi connectivity index (χ2v) is 5.85. The smallest absolute Gasteiger partial charge is 0.309 e. The number of ether oxygens (including phenoxy) is 1. The Morgan fingerprint density at radius 2 is 2.10 bits per heavy atom. The lowest BCUT2D eigenvalue weighted by Gasteiger charge is -2.06. The summed E-state index contributed by atoms with van der Waals surface area (Å²) in [5.41, 5.74) is 2.10. The number of aromatic nitrogens is 2. The number of hydrogen-bond donors (Lipinski definition) is 0. The Morgan fingerprint density at radius 3 is 2.76 bits per heavy atom. The number of thioether (sulfide) groups is 1. The molecule has 1 atom stereocenters. The molecule has 0 saturated heterocycles. The minimum Gasteiger partial charge on any atom is -0.469 e. The molecule has 1 aromatic heterocycles. The fraction of sp³-hybridized carbons (Fsp3) is 0.400. The monoisotopic (exact) mass is 306 g/mol. The summed E-state index contributed by atoms with van der Waals surface area (Å²) in [6.45, 7) is 3.87. The van der Waals surface area contributed by atoms with Crippen molar-refractivity contribution in [1.82, 2.24) is 10.1 Å². The van der Waals surface area contributed by atoms with Crippen molar-refractivity contribution in [2.24, 2.45) is 5.92 Å². The van der Waals surface area contributed by atoms with E-state index in [0.717, 1.165) is 5.56 Å². The summed E-state index contributed by atoms with van der Waals surface area (Å²) >= 11 is 1.58. The van der Waals surface area contributed by atoms with Crippen molar-refractivity contribution in [3.63, 3.8) is 0 Å². The van der Waals surface area contributed by atoms with Crippen LogP contribution in [0, 0.1) is 12.8 Å². The van der Waals surface area contributed by atoms with E-state index in [0.29, 0.717) is 23.2 Å². The van der Waals surface area contributed by atoms with Crippen LogP contribution in [0.15, 0.2) is 28.8 Å². The molecule has 0 fully saturated rings. The van der Waals surface area contributed by atoms with E-state index in [1.807, 2.05) is 38.1 Å². The Hall–Kier alpha value is -1.82. The summed E-state index contributed by atoms with van der Waals surface area (Å²) in [6, 6.07) is 7.93. The van der Waals surface area contributed by atoms with Gasteiger partial charge >= 0.3 is 5.97 Å². The Kier molecular flexibility index (Phi) is 5.38. The number of aryl methyl sites for hydroxylation is 1. The van der Waals surface area contributed by atoms with Gasteiger partial charge in [-0.1, -0.05) is 29.8 Å². The molecule has 5 nitrogen and oxygen atoms in total. The SMILES string of the molecule is COC(=O)C(C)CSCc1noc(-c2ccc(C)cc2)n1. The van der Waals surface area contributed by atoms with Gasteiger partial charge in [0.25, 0.3) is 5.89 Å². The van der Waals surface area contributed by atoms with Crippen LogP contribution in [0.2, 0.25) is 0 Å². The molecule has 1 unspecified atom stereocenters. The molecule has 0 radical (unpaired) electrons. The second-order valence-electron chi connectivity index (χ2n) is 4.82. The van der Waals surface area contributed by atoms with E-state index in [9.17, 15) is 4.79 Å². The van der Waals surface area contributed by atoms with Crippen LogP contribution in [0.1, 0.15) is 18.3 Å². The van der Waals surface area contributed by atoms with Crippen LogP contribution < -0.4 is 0 Å². The Bertz CT molecular complexity index is 595. The van der Waals surface area contributed by atoms with Crippen LogP contribution in [-0.4, -0.2) is 29.0 Å². The van der Waals surface area contributed by atoms with Gasteiger partial charge in [-0.25, -0.2) is 0 Å². The number of carbonyl (C=O) groups excluding carboxylic acids is 1. The van der Waals surface area contributed by atoms with Gasteiger partial charge in [-0.3, -0.25) is 4.79 Å². The van der Waals surface area contributed by atoms with Crippen molar-refractivity contribution in [2.45, 2.75) is 19.6 Å². The molecule has 2 rings (SSSR count). The lowest BCUT2D eigenvalue weighted by atomic mass is 10.1. The third-order valence-corrected chi connectivity index (χ3v) is 4.17. The van der Waals surface area contributed by atoms with Crippen LogP contribution >= 0.6 is 11.8 Å². The standard InChI is InChI=1S/C15H18N2O3S/c1-10-4-6-12(7-5-10)14-16-13(17-20-14)9-21-8-11(2)15(18)19-3/h4-7,11H,8-9H2,1-3H3. The maximum atomic E-state index is 11.3. The van der Waals surface area contributed by atoms with E-state index in [2.05, 4.69) is 14.9 Å². The molecule has 0 aliphatic carbocycles. The zero-order chi connectivity index (χ0) is 15.2. The summed E-state index contributed by atoms with van der Waals surface area (Å²) in [7, 11) is 1.40. The average Bonchev–Trinajstić information content (AvgIpc) is 2.95. The van der Waals surface area contributed by atoms with Gasteiger partial charge in [0.1, 0.15) is 0 Å². The molecular formula is C15H18N2O3S. The van der Waals surface area contributed by atoms with Crippen molar-refractivity contribution in [1.29, 1.82) is 0 Å². The van der Waals surface area contributed by atoms with Gasteiger partial charge in [-0.15, -0.1) is 0 Å². The lowest BCUT2D eigenvalue weighted by molar-refractivity contribution is -0.143. The fourth-order valence-corrected chi connectivity index (χ4v) is 2.63. The summed E-state index contributed by atoms with van der Waals surface area (Å²) in [5.74, 6) is 2.09. The van der Waals surface area contributed by atoms with Crippen molar-refractivity contribution < 1.29 is 14.1 Å². The number of nitrogens with zero attached hydrogens (tertiary/aromatic N) is 2. The largest absolute Gasteiger partial charge is 0.469 e. The summed E-state index contributed by atoms with van der Waals surface area (Å²) in [6.07, 6.45) is 0. The fourth-order valence-electron chi connectivity index (χ4n) is 1.72. The normalized spacial score (nSPS) is 12.1. The van der Waals surface area contributed by atoms with Crippen molar-refractivity contribution in [2.75, 3.05) is 12.9 Å². The molecule has 0 amide bonds. The first-order valence-electron chi connectivity index (χ1n) is 6.65. The molecule has 0 saturated carbocycles. The van der Waals surface area contributed by atoms with Crippen molar-refractivity contribution in [3.8, 4) is 11.5 Å². The highest BCUT2D eigenvalue weighted by Gasteiger charge is 2.14. The first-order chi connectivity index (χ1) is 10.1. The van der Waals surface area contributed by atoms with Crippen molar-refractivity contribution >= 4 is 17.7 Å². The Balaban J connectivity index is 1.89. The topological polar surface area (TPSA) is 65.2 Å². The molecule has 1 aromatic carbocycles. The Morgan fingerprint density at radius 1 is 1.38 bits per heavy atom. The zero-order valence-electron chi connectivity index (χ0n) is 12.3. The predicted molar refractivity (Wildman–Crippen MR) is 81.8 cm³/mol. The van der Waals surface area contributed by atoms with Crippen LogP contribution in [-0.2, 0) is 15.3 Å². The lowest BCUT2D eigenvalue weighted by Crippen LogP contribution is -2.14. The highest BCUT2D eigenvalue weighted by atomic mass is 32.2. The van der Waals surface area contributed by atoms with Gasteiger partial charge in [-0.2, -0.15) is 16.7 Å². The molecular weight excluding hydrogens is 288 g/mol. The van der Waals surface area contributed by atoms with Crippen LogP contribution in [0.5, 0.6) is 0 Å². The van der Waals surface area contributed by atoms with Crippen LogP contribution in [0.4, 0.5) is 0 Å². The first kappa shape index (κ1) is 15.6. The Labute approximate surface area is 128 Å². The average molecular weight is 306 g/mol. The molecule has 0 bridgehead atoms. The summed E-state index contributed by atoms with van der Waals surface area (Å²) in [4.78, 5) is 15.6. The van der Waals surface area contributed by atoms with Crippen molar-refractivity contribution in [3.05, 3.63) is 35.7 Å². The molecule has 0 aliphatic rings. The highest BCUT2D eigenvalue weighted by Crippen LogP contribution is 2.20. The van der Waals surface area contributed by atoms with E-state index >= 15 is 0 Å². The van der Waals surface area contributed by atoms with Gasteiger partial charge in [0, 0.05) is 11.3 Å². The second kappa shape index (κ2) is 7.26. The molecule has 0 spiro atoms. The van der Waals surface area contributed by atoms with E-state index in [-0.39, 0.29) is 11.9 Å². The molecule has 21 heavy (non-hydrogen) atoms. The van der Waals surface area contributed by atoms with Gasteiger partial charge in [0.15, 0.2) is 5.82 Å². The third kappa shape index (κ3) is 4.32. The minimum atomic E-state index is -0.198. The van der Waals surface area contributed by atoms with Gasteiger partial charge in [0.2, 0.25) is 0 Å². The van der Waals surface area contributed by atoms with E-state index in [1.165, 1.54) is 12.7 Å². The summed E-state index contributed by atoms with van der Waals surface area (Å²) in [5, 5.41) is 3.95. The summed E-state index contributed by atoms with van der Waals surface area (Å²) < 4.78 is 9.93. The van der Waals surface area contributed by atoms with Crippen LogP contribution in [0.25, 0.3) is 11.5 Å². The number of methoxy groups -OCH3 is 1. The molecule has 0 aliphatic heterocycles. The number of hydrogen-bond acceptors (Lipinski definition) is 6. The molecule has 112 valence electrons. The highest BCUT2D eigenvalue weighted by molar-refractivity contribution is 7.98. The third-order valence-electron chi connectivity index (χ3n) is 2.97. The molecule has 1 heterocycles. The van der Waals surface area contributed by atoms with Gasteiger partial charge in [0.05, 0.1) is 18.8 Å². The van der Waals surface area contributed by atoms with E-state index in [1.54, 1.807) is 11.8 Å². The number of rotatable bonds is 6. The number of esters is 1. The van der Waals surface area contributed by atoms with E-state index in [4.69, 9.17) is 4.52 Å². The van der Waals surface area contributed by atoms with Gasteiger partial charge in [-0.05, 0) is 19.1 Å². The van der Waals surface area contributed by atoms with Gasteiger partial charge < -0.3 is 9.26 Å². The molecule has 6 heteroatoms. The van der Waals surface area contributed by atoms with Crippen LogP contribution in [0.3, 0.4) is 0 Å². The predicted octanol–water partition coefficient (Wildman–Crippen LogP) is 3.09. The zero-order valence-corrected chi connectivity index (χ0v) is 13.1. The molecule has 0 N–H and O–H groups in total. The first-order valence-corrected chi connectivity index (χ1v) is 7.81. The minimum absolute atomic E-state index is 0.136. The quantitative estimate of drug-likeness (QED) is 0.764. The van der Waals surface area contributed by atoms with E-state index < -0.39 is 0 Å². The maximum Gasteiger partial charge on any atom is 0.309 e. The number of carbonyl (C=O) groups is 1. The number of benzene rings is 1. The molecule has 2 aromatic rings.